The zero-order valence-corrected chi connectivity index (χ0v) is 5.56. The lowest BCUT2D eigenvalue weighted by atomic mass is 10.1. The van der Waals surface area contributed by atoms with Crippen LogP contribution in [0, 0.1) is 0 Å². The van der Waals surface area contributed by atoms with Crippen molar-refractivity contribution in [1.29, 1.82) is 0 Å². The number of hydrazine groups is 2. The number of nitrogens with zero attached hydrogens (tertiary/aromatic N) is 1. The van der Waals surface area contributed by atoms with Crippen molar-refractivity contribution in [2.45, 2.75) is 25.3 Å². The van der Waals surface area contributed by atoms with Crippen LogP contribution in [0.4, 0.5) is 0 Å². The van der Waals surface area contributed by atoms with E-state index in [1.165, 1.54) is 25.8 Å². The topological polar surface area (TPSA) is 27.3 Å². The summed E-state index contributed by atoms with van der Waals surface area (Å²) in [4.78, 5) is 0. The summed E-state index contributed by atoms with van der Waals surface area (Å²) < 4.78 is 0. The molecule has 2 rings (SSSR count). The minimum atomic E-state index is 0.825. The van der Waals surface area contributed by atoms with Gasteiger partial charge < -0.3 is 0 Å². The molecule has 1 unspecified atom stereocenters. The maximum absolute atomic E-state index is 3.16. The molecular weight excluding hydrogens is 114 g/mol. The molecule has 0 saturated carbocycles. The molecule has 0 amide bonds. The Morgan fingerprint density at radius 1 is 1.33 bits per heavy atom. The Morgan fingerprint density at radius 2 is 2.33 bits per heavy atom. The van der Waals surface area contributed by atoms with Crippen molar-refractivity contribution >= 4 is 0 Å². The molecular formula is C6H13N3. The smallest absolute Gasteiger partial charge is 0.0269 e. The van der Waals surface area contributed by atoms with Crippen LogP contribution in [0.25, 0.3) is 0 Å². The molecule has 2 N–H and O–H groups in total. The van der Waals surface area contributed by atoms with E-state index in [0.29, 0.717) is 0 Å². The zero-order valence-electron chi connectivity index (χ0n) is 5.56. The van der Waals surface area contributed by atoms with Gasteiger partial charge in [0.1, 0.15) is 0 Å². The van der Waals surface area contributed by atoms with Crippen molar-refractivity contribution in [2.75, 3.05) is 13.1 Å². The van der Waals surface area contributed by atoms with E-state index >= 15 is 0 Å². The second-order valence-electron chi connectivity index (χ2n) is 2.82. The molecule has 2 saturated heterocycles. The van der Waals surface area contributed by atoms with E-state index in [-0.39, 0.29) is 0 Å². The van der Waals surface area contributed by atoms with E-state index in [2.05, 4.69) is 16.0 Å². The average Bonchev–Trinajstić information content (AvgIpc) is 2.33. The Bertz CT molecular complexity index is 92.5. The third kappa shape index (κ3) is 0.956. The number of hydrogen-bond acceptors (Lipinski definition) is 3. The fourth-order valence-corrected chi connectivity index (χ4v) is 1.68. The Balaban J connectivity index is 1.97. The first kappa shape index (κ1) is 5.65. The molecule has 0 aromatic carbocycles. The minimum Gasteiger partial charge on any atom is -0.244 e. The van der Waals surface area contributed by atoms with Crippen LogP contribution in [0.15, 0.2) is 0 Å². The fourth-order valence-electron chi connectivity index (χ4n) is 1.68. The van der Waals surface area contributed by atoms with Gasteiger partial charge in [-0.2, -0.15) is 5.53 Å². The Kier molecular flexibility index (Phi) is 1.41. The predicted molar refractivity (Wildman–Crippen MR) is 35.5 cm³/mol. The molecule has 52 valence electrons. The van der Waals surface area contributed by atoms with Gasteiger partial charge in [0.2, 0.25) is 0 Å². The maximum Gasteiger partial charge on any atom is 0.0269 e. The molecule has 0 bridgehead atoms. The van der Waals surface area contributed by atoms with Crippen molar-refractivity contribution in [3.05, 3.63) is 0 Å². The predicted octanol–water partition coefficient (Wildman–Crippen LogP) is -0.136. The molecule has 2 aliphatic heterocycles. The molecule has 1 atom stereocenters. The largest absolute Gasteiger partial charge is 0.244 e. The summed E-state index contributed by atoms with van der Waals surface area (Å²) in [6.07, 6.45) is 4.06. The van der Waals surface area contributed by atoms with Crippen molar-refractivity contribution in [2.24, 2.45) is 0 Å². The van der Waals surface area contributed by atoms with Crippen molar-refractivity contribution in [1.82, 2.24) is 16.0 Å². The van der Waals surface area contributed by atoms with Gasteiger partial charge >= 0.3 is 0 Å². The van der Waals surface area contributed by atoms with E-state index in [0.717, 1.165) is 12.6 Å². The molecule has 0 aromatic heterocycles. The van der Waals surface area contributed by atoms with E-state index in [1.54, 1.807) is 0 Å². The highest BCUT2D eigenvalue weighted by atomic mass is 15.7. The molecule has 3 nitrogen and oxygen atoms in total. The van der Waals surface area contributed by atoms with Gasteiger partial charge in [0.05, 0.1) is 0 Å². The number of nitrogens with one attached hydrogen (secondary N) is 2. The lowest BCUT2D eigenvalue weighted by Gasteiger charge is -2.30. The average molecular weight is 127 g/mol. The highest BCUT2D eigenvalue weighted by molar-refractivity contribution is 4.78. The first-order valence-corrected chi connectivity index (χ1v) is 3.72. The molecule has 9 heavy (non-hydrogen) atoms. The van der Waals surface area contributed by atoms with Crippen LogP contribution in [0.1, 0.15) is 19.3 Å². The van der Waals surface area contributed by atoms with Crippen LogP contribution >= 0.6 is 0 Å². The quantitative estimate of drug-likeness (QED) is 0.474. The van der Waals surface area contributed by atoms with Gasteiger partial charge in [-0.1, -0.05) is 0 Å². The van der Waals surface area contributed by atoms with E-state index < -0.39 is 0 Å². The summed E-state index contributed by atoms with van der Waals surface area (Å²) in [5.74, 6) is 0. The molecule has 2 aliphatic rings. The molecule has 0 aromatic rings. The van der Waals surface area contributed by atoms with Crippen LogP contribution in [0.2, 0.25) is 0 Å². The Morgan fingerprint density at radius 3 is 3.22 bits per heavy atom. The van der Waals surface area contributed by atoms with Crippen LogP contribution < -0.4 is 11.0 Å². The molecule has 0 spiro atoms. The lowest BCUT2D eigenvalue weighted by molar-refractivity contribution is 0.0937. The number of fused-ring (bicyclic) bond motifs is 1. The van der Waals surface area contributed by atoms with E-state index in [9.17, 15) is 0 Å². The molecule has 2 heterocycles. The summed E-state index contributed by atoms with van der Waals surface area (Å²) in [5.41, 5.74) is 6.30. The monoisotopic (exact) mass is 127 g/mol. The van der Waals surface area contributed by atoms with Crippen LogP contribution in [0.5, 0.6) is 0 Å². The zero-order chi connectivity index (χ0) is 6.10. The first-order valence-electron chi connectivity index (χ1n) is 3.72. The summed E-state index contributed by atoms with van der Waals surface area (Å²) in [7, 11) is 0. The third-order valence-corrected chi connectivity index (χ3v) is 2.20. The molecule has 0 aliphatic carbocycles. The number of hydrogen-bond donors (Lipinski definition) is 2. The Labute approximate surface area is 55.4 Å². The maximum atomic E-state index is 3.16. The normalized spacial score (nSPS) is 36.7. The summed E-state index contributed by atoms with van der Waals surface area (Å²) in [6.45, 7) is 2.35. The van der Waals surface area contributed by atoms with Crippen LogP contribution in [0.3, 0.4) is 0 Å². The van der Waals surface area contributed by atoms with Crippen molar-refractivity contribution in [3.63, 3.8) is 0 Å². The first-order chi connectivity index (χ1) is 4.47. The SMILES string of the molecule is C1CC2CCNNN2C1. The highest BCUT2D eigenvalue weighted by Crippen LogP contribution is 2.18. The van der Waals surface area contributed by atoms with Crippen LogP contribution in [-0.2, 0) is 0 Å². The van der Waals surface area contributed by atoms with Crippen LogP contribution in [-0.4, -0.2) is 24.1 Å². The highest BCUT2D eigenvalue weighted by Gasteiger charge is 2.26. The molecule has 0 radical (unpaired) electrons. The standard InChI is InChI=1S/C6H13N3/c1-2-6-3-4-7-8-9(6)5-1/h6-8H,1-5H2. The summed E-state index contributed by atoms with van der Waals surface area (Å²) in [6, 6.07) is 0.825. The van der Waals surface area contributed by atoms with Gasteiger partial charge in [-0.05, 0) is 19.3 Å². The minimum absolute atomic E-state index is 0.825. The summed E-state index contributed by atoms with van der Waals surface area (Å²) >= 11 is 0. The lowest BCUT2D eigenvalue weighted by Crippen LogP contribution is -2.54. The third-order valence-electron chi connectivity index (χ3n) is 2.20. The van der Waals surface area contributed by atoms with Gasteiger partial charge in [-0.3, -0.25) is 0 Å². The summed E-state index contributed by atoms with van der Waals surface area (Å²) in [5, 5.41) is 2.31. The van der Waals surface area contributed by atoms with Crippen molar-refractivity contribution in [3.8, 4) is 0 Å². The fraction of sp³-hybridized carbons (Fsp3) is 1.00. The second-order valence-corrected chi connectivity index (χ2v) is 2.82. The number of rotatable bonds is 0. The van der Waals surface area contributed by atoms with Gasteiger partial charge in [0, 0.05) is 19.1 Å². The van der Waals surface area contributed by atoms with Gasteiger partial charge in [0.25, 0.3) is 0 Å². The Hall–Kier alpha value is -0.120. The van der Waals surface area contributed by atoms with E-state index in [4.69, 9.17) is 0 Å². The van der Waals surface area contributed by atoms with Crippen molar-refractivity contribution < 1.29 is 0 Å². The second kappa shape index (κ2) is 2.25. The van der Waals surface area contributed by atoms with E-state index in [1.807, 2.05) is 0 Å². The van der Waals surface area contributed by atoms with Gasteiger partial charge in [0.15, 0.2) is 0 Å². The van der Waals surface area contributed by atoms with Gasteiger partial charge in [-0.15, -0.1) is 0 Å². The van der Waals surface area contributed by atoms with Gasteiger partial charge in [-0.25, -0.2) is 10.4 Å². The molecule has 2 fully saturated rings. The molecule has 3 heteroatoms.